The molecule has 2 N–H and O–H groups in total. The third kappa shape index (κ3) is 3.82. The SMILES string of the molecule is CN(C)S(=O)(=O)c1ccc(O)c(NC(=O)[C@H]2CCO[C@@H]2c2cnn(C)c2)c1. The maximum atomic E-state index is 12.8. The highest BCUT2D eigenvalue weighted by molar-refractivity contribution is 7.89. The van der Waals surface area contributed by atoms with E-state index < -0.39 is 22.0 Å². The zero-order chi connectivity index (χ0) is 19.8. The number of aromatic nitrogens is 2. The van der Waals surface area contributed by atoms with Gasteiger partial charge in [0, 0.05) is 39.5 Å². The first-order chi connectivity index (χ1) is 12.7. The molecule has 146 valence electrons. The lowest BCUT2D eigenvalue weighted by Crippen LogP contribution is -2.26. The Kier molecular flexibility index (Phi) is 5.22. The summed E-state index contributed by atoms with van der Waals surface area (Å²) >= 11 is 0. The Hall–Kier alpha value is -2.43. The van der Waals surface area contributed by atoms with E-state index in [4.69, 9.17) is 4.74 Å². The van der Waals surface area contributed by atoms with E-state index >= 15 is 0 Å². The van der Waals surface area contributed by atoms with Crippen molar-refractivity contribution in [3.63, 3.8) is 0 Å². The number of hydrogen-bond donors (Lipinski definition) is 2. The van der Waals surface area contributed by atoms with Crippen molar-refractivity contribution in [2.45, 2.75) is 17.4 Å². The van der Waals surface area contributed by atoms with Gasteiger partial charge in [0.25, 0.3) is 0 Å². The Balaban J connectivity index is 1.83. The van der Waals surface area contributed by atoms with Gasteiger partial charge in [-0.05, 0) is 24.6 Å². The molecule has 1 fully saturated rings. The summed E-state index contributed by atoms with van der Waals surface area (Å²) in [5.41, 5.74) is 0.836. The fraction of sp³-hybridized carbons (Fsp3) is 0.412. The topological polar surface area (TPSA) is 114 Å². The molecule has 1 aliphatic heterocycles. The van der Waals surface area contributed by atoms with E-state index in [-0.39, 0.29) is 22.2 Å². The van der Waals surface area contributed by atoms with Gasteiger partial charge < -0.3 is 15.2 Å². The monoisotopic (exact) mass is 394 g/mol. The van der Waals surface area contributed by atoms with Gasteiger partial charge in [0.15, 0.2) is 0 Å². The average molecular weight is 394 g/mol. The number of rotatable bonds is 5. The van der Waals surface area contributed by atoms with Crippen LogP contribution in [0.4, 0.5) is 5.69 Å². The first kappa shape index (κ1) is 19.3. The molecule has 0 radical (unpaired) electrons. The normalized spacial score (nSPS) is 20.1. The number of sulfonamides is 1. The van der Waals surface area contributed by atoms with Gasteiger partial charge in [-0.2, -0.15) is 5.10 Å². The second-order valence-electron chi connectivity index (χ2n) is 6.59. The van der Waals surface area contributed by atoms with Crippen LogP contribution in [0.3, 0.4) is 0 Å². The summed E-state index contributed by atoms with van der Waals surface area (Å²) in [6.45, 7) is 0.429. The van der Waals surface area contributed by atoms with Crippen LogP contribution in [-0.4, -0.2) is 54.2 Å². The molecule has 0 bridgehead atoms. The summed E-state index contributed by atoms with van der Waals surface area (Å²) < 4.78 is 32.9. The third-order valence-electron chi connectivity index (χ3n) is 4.49. The molecule has 10 heteroatoms. The Labute approximate surface area is 157 Å². The van der Waals surface area contributed by atoms with Gasteiger partial charge in [-0.1, -0.05) is 0 Å². The summed E-state index contributed by atoms with van der Waals surface area (Å²) in [7, 11) is 0.916. The smallest absolute Gasteiger partial charge is 0.242 e. The number of nitrogens with zero attached hydrogens (tertiary/aromatic N) is 3. The highest BCUT2D eigenvalue weighted by Gasteiger charge is 2.36. The fourth-order valence-corrected chi connectivity index (χ4v) is 3.91. The van der Waals surface area contributed by atoms with Crippen LogP contribution in [0.2, 0.25) is 0 Å². The number of amides is 1. The molecule has 2 atom stereocenters. The summed E-state index contributed by atoms with van der Waals surface area (Å²) in [4.78, 5) is 12.7. The van der Waals surface area contributed by atoms with E-state index in [1.54, 1.807) is 24.1 Å². The van der Waals surface area contributed by atoms with E-state index in [0.29, 0.717) is 13.0 Å². The van der Waals surface area contributed by atoms with Crippen LogP contribution in [0.1, 0.15) is 18.1 Å². The number of hydrogen-bond acceptors (Lipinski definition) is 6. The van der Waals surface area contributed by atoms with Gasteiger partial charge >= 0.3 is 0 Å². The number of anilines is 1. The highest BCUT2D eigenvalue weighted by Crippen LogP contribution is 2.36. The number of carbonyl (C=O) groups excluding carboxylic acids is 1. The number of aromatic hydroxyl groups is 1. The zero-order valence-corrected chi connectivity index (χ0v) is 16.1. The molecular formula is C17H22N4O5S. The maximum Gasteiger partial charge on any atom is 0.242 e. The summed E-state index contributed by atoms with van der Waals surface area (Å²) in [5.74, 6) is -1.03. The van der Waals surface area contributed by atoms with Crippen LogP contribution < -0.4 is 5.32 Å². The number of aryl methyl sites for hydroxylation is 1. The predicted molar refractivity (Wildman–Crippen MR) is 97.6 cm³/mol. The van der Waals surface area contributed by atoms with E-state index in [2.05, 4.69) is 10.4 Å². The van der Waals surface area contributed by atoms with Crippen LogP contribution >= 0.6 is 0 Å². The fourth-order valence-electron chi connectivity index (χ4n) is 2.99. The van der Waals surface area contributed by atoms with Crippen LogP contribution in [0.15, 0.2) is 35.5 Å². The first-order valence-electron chi connectivity index (χ1n) is 8.36. The van der Waals surface area contributed by atoms with Crippen LogP contribution in [-0.2, 0) is 26.6 Å². The number of ether oxygens (including phenoxy) is 1. The minimum absolute atomic E-state index is 0.0212. The largest absolute Gasteiger partial charge is 0.506 e. The van der Waals surface area contributed by atoms with Crippen LogP contribution in [0.5, 0.6) is 5.75 Å². The van der Waals surface area contributed by atoms with Gasteiger partial charge in [-0.3, -0.25) is 9.48 Å². The van der Waals surface area contributed by atoms with Gasteiger partial charge in [0.1, 0.15) is 5.75 Å². The molecule has 0 saturated carbocycles. The molecule has 1 aliphatic rings. The number of phenols is 1. The number of phenolic OH excluding ortho intramolecular Hbond substituents is 1. The van der Waals surface area contributed by atoms with Gasteiger partial charge in [0.2, 0.25) is 15.9 Å². The van der Waals surface area contributed by atoms with Crippen molar-refractivity contribution in [3.8, 4) is 5.75 Å². The predicted octanol–water partition coefficient (Wildman–Crippen LogP) is 1.09. The molecule has 3 rings (SSSR count). The van der Waals surface area contributed by atoms with E-state index in [9.17, 15) is 18.3 Å². The van der Waals surface area contributed by atoms with E-state index in [1.165, 1.54) is 32.3 Å². The quantitative estimate of drug-likeness (QED) is 0.734. The Morgan fingerprint density at radius 3 is 2.78 bits per heavy atom. The van der Waals surface area contributed by atoms with Crippen molar-refractivity contribution in [3.05, 3.63) is 36.2 Å². The summed E-state index contributed by atoms with van der Waals surface area (Å²) in [5, 5.41) is 16.8. The van der Waals surface area contributed by atoms with Crippen LogP contribution in [0.25, 0.3) is 0 Å². The third-order valence-corrected chi connectivity index (χ3v) is 6.30. The minimum Gasteiger partial charge on any atom is -0.506 e. The lowest BCUT2D eigenvalue weighted by atomic mass is 9.96. The first-order valence-corrected chi connectivity index (χ1v) is 9.80. The maximum absolute atomic E-state index is 12.8. The second-order valence-corrected chi connectivity index (χ2v) is 8.74. The van der Waals surface area contributed by atoms with Crippen molar-refractivity contribution in [2.24, 2.45) is 13.0 Å². The molecule has 2 heterocycles. The molecule has 1 aromatic heterocycles. The molecule has 1 saturated heterocycles. The zero-order valence-electron chi connectivity index (χ0n) is 15.3. The summed E-state index contributed by atoms with van der Waals surface area (Å²) in [6.07, 6.45) is 3.52. The highest BCUT2D eigenvalue weighted by atomic mass is 32.2. The van der Waals surface area contributed by atoms with E-state index in [1.807, 2.05) is 0 Å². The average Bonchev–Trinajstić information content (AvgIpc) is 3.25. The number of benzene rings is 1. The van der Waals surface area contributed by atoms with Crippen molar-refractivity contribution in [1.29, 1.82) is 0 Å². The van der Waals surface area contributed by atoms with Gasteiger partial charge in [-0.15, -0.1) is 0 Å². The Morgan fingerprint density at radius 1 is 1.41 bits per heavy atom. The molecule has 2 aromatic rings. The van der Waals surface area contributed by atoms with Crippen LogP contribution in [0, 0.1) is 5.92 Å². The van der Waals surface area contributed by atoms with Crippen molar-refractivity contribution in [1.82, 2.24) is 14.1 Å². The van der Waals surface area contributed by atoms with Crippen molar-refractivity contribution in [2.75, 3.05) is 26.0 Å². The Morgan fingerprint density at radius 2 is 2.15 bits per heavy atom. The lowest BCUT2D eigenvalue weighted by Gasteiger charge is -2.18. The number of nitrogens with one attached hydrogen (secondary N) is 1. The van der Waals surface area contributed by atoms with Crippen molar-refractivity contribution >= 4 is 21.6 Å². The number of carbonyl (C=O) groups is 1. The lowest BCUT2D eigenvalue weighted by molar-refractivity contribution is -0.121. The standard InChI is InChI=1S/C17H22N4O5S/c1-20(2)27(24,25)12-4-5-15(22)14(8-12)19-17(23)13-6-7-26-16(13)11-9-18-21(3)10-11/h4-5,8-10,13,16,22H,6-7H2,1-3H3,(H,19,23)/t13-,16+/m0/s1. The molecule has 1 amide bonds. The van der Waals surface area contributed by atoms with Gasteiger partial charge in [0.05, 0.1) is 28.8 Å². The molecule has 0 spiro atoms. The van der Waals surface area contributed by atoms with Crippen molar-refractivity contribution < 1.29 is 23.1 Å². The molecule has 27 heavy (non-hydrogen) atoms. The molecule has 0 aliphatic carbocycles. The van der Waals surface area contributed by atoms with E-state index in [0.717, 1.165) is 9.87 Å². The van der Waals surface area contributed by atoms with Gasteiger partial charge in [-0.25, -0.2) is 12.7 Å². The summed E-state index contributed by atoms with van der Waals surface area (Å²) in [6, 6.07) is 3.78. The molecule has 9 nitrogen and oxygen atoms in total. The Bertz CT molecular complexity index is 954. The molecule has 0 unspecified atom stereocenters. The molecule has 1 aromatic carbocycles. The minimum atomic E-state index is -3.69. The molecular weight excluding hydrogens is 372 g/mol. The second kappa shape index (κ2) is 7.29.